The van der Waals surface area contributed by atoms with E-state index >= 15 is 0 Å². The van der Waals surface area contributed by atoms with Crippen molar-refractivity contribution in [3.63, 3.8) is 0 Å². The number of benzene rings is 3. The highest BCUT2D eigenvalue weighted by molar-refractivity contribution is 5.95. The summed E-state index contributed by atoms with van der Waals surface area (Å²) in [4.78, 5) is 19.3. The average molecular weight is 406 g/mol. The van der Waals surface area contributed by atoms with Gasteiger partial charge in [0.2, 0.25) is 0 Å². The quantitative estimate of drug-likeness (QED) is 0.480. The van der Waals surface area contributed by atoms with E-state index < -0.39 is 0 Å². The lowest BCUT2D eigenvalue weighted by Gasteiger charge is -2.25. The molecule has 0 saturated heterocycles. The molecule has 2 heterocycles. The van der Waals surface area contributed by atoms with Gasteiger partial charge < -0.3 is 5.32 Å². The van der Waals surface area contributed by atoms with Crippen LogP contribution in [0.5, 0.6) is 0 Å². The molecule has 152 valence electrons. The van der Waals surface area contributed by atoms with E-state index in [4.69, 9.17) is 0 Å². The second kappa shape index (κ2) is 8.44. The molecule has 1 N–H and O–H groups in total. The summed E-state index contributed by atoms with van der Waals surface area (Å²) in [5.41, 5.74) is 6.59. The molecule has 0 spiro atoms. The van der Waals surface area contributed by atoms with Crippen LogP contribution in [0.2, 0.25) is 0 Å². The van der Waals surface area contributed by atoms with Crippen LogP contribution in [0.4, 0.5) is 10.5 Å². The van der Waals surface area contributed by atoms with Crippen LogP contribution in [-0.2, 0) is 6.42 Å². The molecule has 0 unspecified atom stereocenters. The maximum Gasteiger partial charge on any atom is 0.322 e. The molecule has 1 aliphatic heterocycles. The number of aromatic nitrogens is 1. The standard InChI is InChI=1S/C27H23N3O/c31-27(29-26(21-7-3-1-4-8-21)22-9-5-2-6-10-22)30-18-15-24-19-23(11-12-25(24)30)20-13-16-28-17-14-20/h1-14,16-17,19,26H,15,18H2,(H,29,31). The highest BCUT2D eigenvalue weighted by Gasteiger charge is 2.27. The number of hydrogen-bond donors (Lipinski definition) is 1. The maximum absolute atomic E-state index is 13.3. The molecule has 0 bridgehead atoms. The molecule has 0 radical (unpaired) electrons. The molecular weight excluding hydrogens is 382 g/mol. The molecule has 4 nitrogen and oxygen atoms in total. The highest BCUT2D eigenvalue weighted by Crippen LogP contribution is 2.33. The fourth-order valence-electron chi connectivity index (χ4n) is 4.19. The first kappa shape index (κ1) is 19.1. The van der Waals surface area contributed by atoms with Crippen molar-refractivity contribution in [3.05, 3.63) is 120 Å². The number of rotatable bonds is 4. The first-order valence-electron chi connectivity index (χ1n) is 10.5. The number of carbonyl (C=O) groups excluding carboxylic acids is 1. The smallest absolute Gasteiger partial charge is 0.322 e. The minimum Gasteiger partial charge on any atom is -0.327 e. The number of urea groups is 1. The Hall–Kier alpha value is -3.92. The zero-order valence-corrected chi connectivity index (χ0v) is 17.1. The fraction of sp³-hybridized carbons (Fsp3) is 0.111. The Morgan fingerprint density at radius 2 is 1.45 bits per heavy atom. The number of pyridine rings is 1. The Morgan fingerprint density at radius 1 is 0.806 bits per heavy atom. The van der Waals surface area contributed by atoms with E-state index in [1.807, 2.05) is 53.4 Å². The monoisotopic (exact) mass is 405 g/mol. The summed E-state index contributed by atoms with van der Waals surface area (Å²) in [5, 5.41) is 3.26. The van der Waals surface area contributed by atoms with Crippen LogP contribution in [0.15, 0.2) is 103 Å². The molecule has 3 aromatic carbocycles. The van der Waals surface area contributed by atoms with E-state index in [9.17, 15) is 4.79 Å². The first-order chi connectivity index (χ1) is 15.3. The molecule has 31 heavy (non-hydrogen) atoms. The molecule has 4 aromatic rings. The van der Waals surface area contributed by atoms with E-state index in [1.165, 1.54) is 5.56 Å². The zero-order valence-electron chi connectivity index (χ0n) is 17.1. The predicted octanol–water partition coefficient (Wildman–Crippen LogP) is 5.61. The Balaban J connectivity index is 1.41. The maximum atomic E-state index is 13.3. The lowest BCUT2D eigenvalue weighted by molar-refractivity contribution is 0.244. The number of fused-ring (bicyclic) bond motifs is 1. The van der Waals surface area contributed by atoms with Gasteiger partial charge >= 0.3 is 6.03 Å². The van der Waals surface area contributed by atoms with E-state index in [2.05, 4.69) is 52.8 Å². The summed E-state index contributed by atoms with van der Waals surface area (Å²) < 4.78 is 0. The largest absolute Gasteiger partial charge is 0.327 e. The van der Waals surface area contributed by atoms with Gasteiger partial charge in [0.05, 0.1) is 6.04 Å². The minimum atomic E-state index is -0.199. The van der Waals surface area contributed by atoms with Crippen molar-refractivity contribution in [2.75, 3.05) is 11.4 Å². The van der Waals surface area contributed by atoms with Crippen LogP contribution in [0.25, 0.3) is 11.1 Å². The van der Waals surface area contributed by atoms with E-state index in [0.717, 1.165) is 34.4 Å². The SMILES string of the molecule is O=C(NC(c1ccccc1)c1ccccc1)N1CCc2cc(-c3ccncc3)ccc21. The third-order valence-corrected chi connectivity index (χ3v) is 5.77. The van der Waals surface area contributed by atoms with Crippen molar-refractivity contribution in [3.8, 4) is 11.1 Å². The van der Waals surface area contributed by atoms with Gasteiger partial charge in [-0.05, 0) is 58.5 Å². The van der Waals surface area contributed by atoms with Gasteiger partial charge in [0.25, 0.3) is 0 Å². The highest BCUT2D eigenvalue weighted by atomic mass is 16.2. The van der Waals surface area contributed by atoms with Crippen molar-refractivity contribution in [2.45, 2.75) is 12.5 Å². The van der Waals surface area contributed by atoms with Crippen LogP contribution in [0.3, 0.4) is 0 Å². The number of carbonyl (C=O) groups is 1. The van der Waals surface area contributed by atoms with Crippen molar-refractivity contribution < 1.29 is 4.79 Å². The Morgan fingerprint density at radius 3 is 2.10 bits per heavy atom. The van der Waals surface area contributed by atoms with Crippen LogP contribution in [-0.4, -0.2) is 17.6 Å². The van der Waals surface area contributed by atoms with Crippen LogP contribution < -0.4 is 10.2 Å². The third kappa shape index (κ3) is 3.92. The van der Waals surface area contributed by atoms with Crippen LogP contribution in [0.1, 0.15) is 22.7 Å². The average Bonchev–Trinajstić information content (AvgIpc) is 3.27. The van der Waals surface area contributed by atoms with Gasteiger partial charge in [-0.15, -0.1) is 0 Å². The summed E-state index contributed by atoms with van der Waals surface area (Å²) >= 11 is 0. The van der Waals surface area contributed by atoms with E-state index in [-0.39, 0.29) is 12.1 Å². The molecule has 0 aliphatic carbocycles. The second-order valence-electron chi connectivity index (χ2n) is 7.68. The molecule has 5 rings (SSSR count). The van der Waals surface area contributed by atoms with Crippen molar-refractivity contribution in [1.82, 2.24) is 10.3 Å². The Bertz CT molecular complexity index is 1140. The van der Waals surface area contributed by atoms with Crippen LogP contribution >= 0.6 is 0 Å². The molecule has 4 heteroatoms. The summed E-state index contributed by atoms with van der Waals surface area (Å²) in [6.07, 6.45) is 4.45. The van der Waals surface area contributed by atoms with Crippen molar-refractivity contribution >= 4 is 11.7 Å². The van der Waals surface area contributed by atoms with Crippen LogP contribution in [0, 0.1) is 0 Å². The number of hydrogen-bond acceptors (Lipinski definition) is 2. The molecule has 0 atom stereocenters. The lowest BCUT2D eigenvalue weighted by atomic mass is 9.99. The number of amides is 2. The Kier molecular flexibility index (Phi) is 5.19. The number of anilines is 1. The molecule has 2 amide bonds. The summed E-state index contributed by atoms with van der Waals surface area (Å²) in [5.74, 6) is 0. The summed E-state index contributed by atoms with van der Waals surface area (Å²) in [7, 11) is 0. The van der Waals surface area contributed by atoms with Gasteiger partial charge in [0, 0.05) is 24.6 Å². The molecule has 0 saturated carbocycles. The first-order valence-corrected chi connectivity index (χ1v) is 10.5. The number of nitrogens with zero attached hydrogens (tertiary/aromatic N) is 2. The predicted molar refractivity (Wildman–Crippen MR) is 124 cm³/mol. The van der Waals surface area contributed by atoms with Gasteiger partial charge in [-0.25, -0.2) is 4.79 Å². The molecular formula is C27H23N3O. The Labute approximate surface area is 182 Å². The fourth-order valence-corrected chi connectivity index (χ4v) is 4.19. The second-order valence-corrected chi connectivity index (χ2v) is 7.68. The third-order valence-electron chi connectivity index (χ3n) is 5.77. The van der Waals surface area contributed by atoms with Crippen molar-refractivity contribution in [1.29, 1.82) is 0 Å². The van der Waals surface area contributed by atoms with Crippen molar-refractivity contribution in [2.24, 2.45) is 0 Å². The molecule has 0 fully saturated rings. The summed E-state index contributed by atoms with van der Waals surface area (Å²) in [6, 6.07) is 30.3. The lowest BCUT2D eigenvalue weighted by Crippen LogP contribution is -2.41. The molecule has 1 aromatic heterocycles. The van der Waals surface area contributed by atoms with Gasteiger partial charge in [0.1, 0.15) is 0 Å². The molecule has 1 aliphatic rings. The topological polar surface area (TPSA) is 45.2 Å². The van der Waals surface area contributed by atoms with E-state index in [0.29, 0.717) is 6.54 Å². The summed E-state index contributed by atoms with van der Waals surface area (Å²) in [6.45, 7) is 0.678. The minimum absolute atomic E-state index is 0.0758. The van der Waals surface area contributed by atoms with Gasteiger partial charge in [-0.3, -0.25) is 9.88 Å². The zero-order chi connectivity index (χ0) is 21.0. The number of nitrogens with one attached hydrogen (secondary N) is 1. The normalized spacial score (nSPS) is 12.6. The van der Waals surface area contributed by atoms with Gasteiger partial charge in [0.15, 0.2) is 0 Å². The van der Waals surface area contributed by atoms with Gasteiger partial charge in [-0.2, -0.15) is 0 Å². The van der Waals surface area contributed by atoms with E-state index in [1.54, 1.807) is 12.4 Å². The van der Waals surface area contributed by atoms with Gasteiger partial charge in [-0.1, -0.05) is 66.7 Å².